The summed E-state index contributed by atoms with van der Waals surface area (Å²) in [5.74, 6) is -9.84. The standard InChI is InChI=1S/C5H6F6/c1-2-4(8,9)5(10,11)3(6)7/h3H,2H2,1H3. The van der Waals surface area contributed by atoms with E-state index in [0.717, 1.165) is 6.92 Å². The van der Waals surface area contributed by atoms with Crippen LogP contribution in [-0.4, -0.2) is 18.3 Å². The zero-order valence-corrected chi connectivity index (χ0v) is 5.55. The van der Waals surface area contributed by atoms with Crippen LogP contribution in [-0.2, 0) is 0 Å². The van der Waals surface area contributed by atoms with Gasteiger partial charge in [-0.05, 0) is 0 Å². The lowest BCUT2D eigenvalue weighted by molar-refractivity contribution is -0.264. The molecule has 0 rings (SSSR count). The second-order valence-corrected chi connectivity index (χ2v) is 1.98. The summed E-state index contributed by atoms with van der Waals surface area (Å²) in [6.45, 7) is 0.719. The van der Waals surface area contributed by atoms with Gasteiger partial charge in [-0.3, -0.25) is 0 Å². The predicted octanol–water partition coefficient (Wildman–Crippen LogP) is 2.93. The average Bonchev–Trinajstić information content (AvgIpc) is 1.87. The Kier molecular flexibility index (Phi) is 2.79. The predicted molar refractivity (Wildman–Crippen MR) is 26.2 cm³/mol. The molecule has 68 valence electrons. The van der Waals surface area contributed by atoms with E-state index in [1.54, 1.807) is 0 Å². The second kappa shape index (κ2) is 2.91. The molecule has 0 saturated carbocycles. The minimum absolute atomic E-state index is 0.719. The molecule has 0 fully saturated rings. The third-order valence-corrected chi connectivity index (χ3v) is 1.21. The third kappa shape index (κ3) is 1.78. The van der Waals surface area contributed by atoms with E-state index in [9.17, 15) is 26.3 Å². The second-order valence-electron chi connectivity index (χ2n) is 1.98. The van der Waals surface area contributed by atoms with Gasteiger partial charge in [0.05, 0.1) is 0 Å². The van der Waals surface area contributed by atoms with E-state index in [4.69, 9.17) is 0 Å². The fourth-order valence-corrected chi connectivity index (χ4v) is 0.395. The summed E-state index contributed by atoms with van der Waals surface area (Å²) < 4.78 is 70.1. The lowest BCUT2D eigenvalue weighted by Gasteiger charge is -2.24. The van der Waals surface area contributed by atoms with Gasteiger partial charge in [0.1, 0.15) is 0 Å². The molecule has 0 aromatic carbocycles. The van der Waals surface area contributed by atoms with Crippen LogP contribution in [0.4, 0.5) is 26.3 Å². The molecule has 6 heteroatoms. The lowest BCUT2D eigenvalue weighted by Crippen LogP contribution is -2.45. The van der Waals surface area contributed by atoms with Crippen LogP contribution in [0.1, 0.15) is 13.3 Å². The normalized spacial score (nSPS) is 14.2. The maximum Gasteiger partial charge on any atom is 0.369 e. The minimum atomic E-state index is -5.22. The molecular weight excluding hydrogens is 174 g/mol. The van der Waals surface area contributed by atoms with E-state index in [1.165, 1.54) is 0 Å². The van der Waals surface area contributed by atoms with Crippen molar-refractivity contribution in [1.82, 2.24) is 0 Å². The van der Waals surface area contributed by atoms with Gasteiger partial charge in [-0.25, -0.2) is 8.78 Å². The zero-order chi connectivity index (χ0) is 9.28. The van der Waals surface area contributed by atoms with Crippen molar-refractivity contribution < 1.29 is 26.3 Å². The Hall–Kier alpha value is -0.420. The van der Waals surface area contributed by atoms with E-state index in [1.807, 2.05) is 0 Å². The fourth-order valence-electron chi connectivity index (χ4n) is 0.395. The zero-order valence-electron chi connectivity index (χ0n) is 5.55. The number of alkyl halides is 6. The molecule has 0 nitrogen and oxygen atoms in total. The number of halogens is 6. The lowest BCUT2D eigenvalue weighted by atomic mass is 10.1. The van der Waals surface area contributed by atoms with Crippen molar-refractivity contribution in [3.05, 3.63) is 0 Å². The molecule has 0 aliphatic heterocycles. The molecule has 0 heterocycles. The van der Waals surface area contributed by atoms with Crippen LogP contribution in [0.5, 0.6) is 0 Å². The Bertz CT molecular complexity index is 129. The summed E-state index contributed by atoms with van der Waals surface area (Å²) in [5.41, 5.74) is 0. The van der Waals surface area contributed by atoms with Gasteiger partial charge in [0.15, 0.2) is 0 Å². The van der Waals surface area contributed by atoms with E-state index < -0.39 is 24.7 Å². The minimum Gasteiger partial charge on any atom is -0.203 e. The van der Waals surface area contributed by atoms with Crippen LogP contribution in [0.2, 0.25) is 0 Å². The molecule has 0 aliphatic rings. The summed E-state index contributed by atoms with van der Waals surface area (Å²) in [7, 11) is 0. The van der Waals surface area contributed by atoms with E-state index in [0.29, 0.717) is 0 Å². The Balaban J connectivity index is 4.53. The van der Waals surface area contributed by atoms with Crippen molar-refractivity contribution in [2.75, 3.05) is 0 Å². The molecule has 0 radical (unpaired) electrons. The van der Waals surface area contributed by atoms with Crippen LogP contribution in [0.3, 0.4) is 0 Å². The molecule has 0 aromatic heterocycles. The van der Waals surface area contributed by atoms with Gasteiger partial charge in [0, 0.05) is 6.42 Å². The van der Waals surface area contributed by atoms with Crippen LogP contribution < -0.4 is 0 Å². The monoisotopic (exact) mass is 180 g/mol. The third-order valence-electron chi connectivity index (χ3n) is 1.21. The first kappa shape index (κ1) is 10.6. The summed E-state index contributed by atoms with van der Waals surface area (Å²) in [6.07, 6.45) is -5.62. The highest BCUT2D eigenvalue weighted by molar-refractivity contribution is 4.85. The Morgan fingerprint density at radius 2 is 1.45 bits per heavy atom. The highest BCUT2D eigenvalue weighted by atomic mass is 19.3. The molecule has 0 aliphatic carbocycles. The number of hydrogen-bond donors (Lipinski definition) is 0. The van der Waals surface area contributed by atoms with Gasteiger partial charge in [-0.15, -0.1) is 0 Å². The van der Waals surface area contributed by atoms with Gasteiger partial charge in [-0.2, -0.15) is 17.6 Å². The molecule has 0 bridgehead atoms. The van der Waals surface area contributed by atoms with Crippen molar-refractivity contribution in [2.45, 2.75) is 31.6 Å². The highest BCUT2D eigenvalue weighted by Crippen LogP contribution is 2.40. The molecule has 0 atom stereocenters. The average molecular weight is 180 g/mol. The highest BCUT2D eigenvalue weighted by Gasteiger charge is 2.61. The maximum atomic E-state index is 12.0. The van der Waals surface area contributed by atoms with Crippen molar-refractivity contribution in [3.8, 4) is 0 Å². The molecule has 0 N–H and O–H groups in total. The topological polar surface area (TPSA) is 0 Å². The molecule has 0 amide bonds. The SMILES string of the molecule is CCC(F)(F)C(F)(F)C(F)F. The van der Waals surface area contributed by atoms with Crippen LogP contribution in [0, 0.1) is 0 Å². The van der Waals surface area contributed by atoms with Gasteiger partial charge >= 0.3 is 18.3 Å². The van der Waals surface area contributed by atoms with E-state index in [-0.39, 0.29) is 0 Å². The first-order chi connectivity index (χ1) is 4.75. The summed E-state index contributed by atoms with van der Waals surface area (Å²) in [6, 6.07) is 0. The summed E-state index contributed by atoms with van der Waals surface area (Å²) >= 11 is 0. The van der Waals surface area contributed by atoms with Crippen LogP contribution >= 0.6 is 0 Å². The first-order valence-corrected chi connectivity index (χ1v) is 2.79. The van der Waals surface area contributed by atoms with E-state index in [2.05, 4.69) is 0 Å². The largest absolute Gasteiger partial charge is 0.369 e. The quantitative estimate of drug-likeness (QED) is 0.585. The smallest absolute Gasteiger partial charge is 0.203 e. The van der Waals surface area contributed by atoms with Crippen molar-refractivity contribution in [2.24, 2.45) is 0 Å². The number of rotatable bonds is 3. The van der Waals surface area contributed by atoms with Crippen LogP contribution in [0.25, 0.3) is 0 Å². The van der Waals surface area contributed by atoms with Gasteiger partial charge in [0.25, 0.3) is 0 Å². The summed E-state index contributed by atoms with van der Waals surface area (Å²) in [5, 5.41) is 0. The molecule has 0 unspecified atom stereocenters. The number of hydrogen-bond acceptors (Lipinski definition) is 0. The molecule has 0 aromatic rings. The van der Waals surface area contributed by atoms with Crippen LogP contribution in [0.15, 0.2) is 0 Å². The van der Waals surface area contributed by atoms with Crippen molar-refractivity contribution in [1.29, 1.82) is 0 Å². The Labute approximate surface area is 59.2 Å². The fraction of sp³-hybridized carbons (Fsp3) is 1.00. The van der Waals surface area contributed by atoms with Gasteiger partial charge in [-0.1, -0.05) is 6.92 Å². The molecular formula is C5H6F6. The van der Waals surface area contributed by atoms with E-state index >= 15 is 0 Å². The Morgan fingerprint density at radius 1 is 1.09 bits per heavy atom. The Morgan fingerprint density at radius 3 is 1.55 bits per heavy atom. The maximum absolute atomic E-state index is 12.0. The molecule has 0 saturated heterocycles. The molecule has 11 heavy (non-hydrogen) atoms. The van der Waals surface area contributed by atoms with Crippen molar-refractivity contribution >= 4 is 0 Å². The van der Waals surface area contributed by atoms with Gasteiger partial charge < -0.3 is 0 Å². The van der Waals surface area contributed by atoms with Crippen molar-refractivity contribution in [3.63, 3.8) is 0 Å². The first-order valence-electron chi connectivity index (χ1n) is 2.79. The summed E-state index contributed by atoms with van der Waals surface area (Å²) in [4.78, 5) is 0. The van der Waals surface area contributed by atoms with Gasteiger partial charge in [0.2, 0.25) is 0 Å². The molecule has 0 spiro atoms.